The summed E-state index contributed by atoms with van der Waals surface area (Å²) in [4.78, 5) is 35.9. The first-order valence-electron chi connectivity index (χ1n) is 9.98. The van der Waals surface area contributed by atoms with Gasteiger partial charge in [0, 0.05) is 25.6 Å². The summed E-state index contributed by atoms with van der Waals surface area (Å²) in [7, 11) is -4.42. The van der Waals surface area contributed by atoms with Crippen molar-refractivity contribution in [3.05, 3.63) is 69.5 Å². The highest BCUT2D eigenvalue weighted by Gasteiger charge is 2.44. The summed E-state index contributed by atoms with van der Waals surface area (Å²) in [5, 5.41) is 21.0. The average Bonchev–Trinajstić information content (AvgIpc) is 2.75. The van der Waals surface area contributed by atoms with Gasteiger partial charge in [0.25, 0.3) is 15.7 Å². The first kappa shape index (κ1) is 24.3. The summed E-state index contributed by atoms with van der Waals surface area (Å²) in [6.45, 7) is 2.42. The monoisotopic (exact) mass is 479 g/mol. The molecule has 0 aliphatic carbocycles. The smallest absolute Gasteiger partial charge is 0.326 e. The molecule has 3 rings (SSSR count). The maximum atomic E-state index is 14.3. The predicted molar refractivity (Wildman–Crippen MR) is 114 cm³/mol. The molecule has 1 N–H and O–H groups in total. The van der Waals surface area contributed by atoms with E-state index in [0.717, 1.165) is 21.3 Å². The molecule has 1 saturated heterocycles. The molecular weight excluding hydrogens is 457 g/mol. The molecule has 10 nitrogen and oxygen atoms in total. The Hall–Kier alpha value is -3.38. The second-order valence-corrected chi connectivity index (χ2v) is 9.56. The lowest BCUT2D eigenvalue weighted by Gasteiger charge is -2.40. The van der Waals surface area contributed by atoms with Gasteiger partial charge in [0.05, 0.1) is 4.92 Å². The molecule has 1 aliphatic rings. The van der Waals surface area contributed by atoms with Gasteiger partial charge in [0.2, 0.25) is 5.91 Å². The van der Waals surface area contributed by atoms with Crippen LogP contribution in [-0.4, -0.2) is 64.7 Å². The molecule has 0 saturated carbocycles. The number of piperazine rings is 1. The molecule has 12 heteroatoms. The summed E-state index contributed by atoms with van der Waals surface area (Å²) in [5.74, 6) is -2.74. The second-order valence-electron chi connectivity index (χ2n) is 7.70. The Morgan fingerprint density at radius 2 is 1.94 bits per heavy atom. The molecule has 1 amide bonds. The fourth-order valence-electron chi connectivity index (χ4n) is 3.82. The maximum absolute atomic E-state index is 14.3. The number of carbonyl (C=O) groups is 2. The van der Waals surface area contributed by atoms with Crippen molar-refractivity contribution < 1.29 is 32.4 Å². The Morgan fingerprint density at radius 1 is 1.27 bits per heavy atom. The number of hydrogen-bond acceptors (Lipinski definition) is 6. The topological polar surface area (TPSA) is 138 Å². The number of benzene rings is 2. The van der Waals surface area contributed by atoms with E-state index in [9.17, 15) is 37.6 Å². The maximum Gasteiger partial charge on any atom is 0.326 e. The molecule has 0 aromatic heterocycles. The minimum Gasteiger partial charge on any atom is -0.480 e. The molecule has 33 heavy (non-hydrogen) atoms. The number of nitro groups is 1. The lowest BCUT2D eigenvalue weighted by Crippen LogP contribution is -2.61. The number of aliphatic carboxylic acids is 1. The Bertz CT molecular complexity index is 1220. The SMILES string of the molecule is Cc1ccc(C[C@@H](C(=O)O)N2CCN(S(=O)(=O)c3ccccc3[N+](=O)[O-])[C@@H](C)C2=O)c(F)c1. The lowest BCUT2D eigenvalue weighted by molar-refractivity contribution is -0.387. The molecule has 1 aliphatic heterocycles. The quantitative estimate of drug-likeness (QED) is 0.473. The fourth-order valence-corrected chi connectivity index (χ4v) is 5.56. The van der Waals surface area contributed by atoms with Crippen LogP contribution in [0.4, 0.5) is 10.1 Å². The van der Waals surface area contributed by atoms with Gasteiger partial charge in [-0.25, -0.2) is 17.6 Å². The second kappa shape index (κ2) is 9.24. The van der Waals surface area contributed by atoms with Crippen LogP contribution >= 0.6 is 0 Å². The van der Waals surface area contributed by atoms with E-state index in [2.05, 4.69) is 0 Å². The summed E-state index contributed by atoms with van der Waals surface area (Å²) >= 11 is 0. The van der Waals surface area contributed by atoms with Gasteiger partial charge in [-0.2, -0.15) is 4.31 Å². The molecule has 2 aromatic rings. The van der Waals surface area contributed by atoms with Crippen LogP contribution in [0.5, 0.6) is 0 Å². The number of aryl methyl sites for hydroxylation is 1. The van der Waals surface area contributed by atoms with Crippen molar-refractivity contribution in [2.24, 2.45) is 0 Å². The molecule has 0 bridgehead atoms. The van der Waals surface area contributed by atoms with Crippen LogP contribution in [0.3, 0.4) is 0 Å². The van der Waals surface area contributed by atoms with Crippen LogP contribution < -0.4 is 0 Å². The van der Waals surface area contributed by atoms with E-state index in [1.54, 1.807) is 13.0 Å². The number of carbonyl (C=O) groups excluding carboxylic acids is 1. The molecule has 0 radical (unpaired) electrons. The number of amides is 1. The van der Waals surface area contributed by atoms with Crippen LogP contribution in [0.25, 0.3) is 0 Å². The van der Waals surface area contributed by atoms with Crippen LogP contribution in [0.2, 0.25) is 0 Å². The number of rotatable bonds is 7. The van der Waals surface area contributed by atoms with E-state index in [0.29, 0.717) is 5.56 Å². The van der Waals surface area contributed by atoms with E-state index in [1.165, 1.54) is 31.2 Å². The van der Waals surface area contributed by atoms with Crippen LogP contribution in [0.15, 0.2) is 47.4 Å². The van der Waals surface area contributed by atoms with Gasteiger partial charge in [-0.05, 0) is 37.1 Å². The molecule has 0 spiro atoms. The Kier molecular flexibility index (Phi) is 6.79. The van der Waals surface area contributed by atoms with Gasteiger partial charge in [0.15, 0.2) is 4.90 Å². The first-order chi connectivity index (χ1) is 15.4. The van der Waals surface area contributed by atoms with Gasteiger partial charge in [0.1, 0.15) is 17.9 Å². The fraction of sp³-hybridized carbons (Fsp3) is 0.333. The van der Waals surface area contributed by atoms with E-state index < -0.39 is 55.3 Å². The highest BCUT2D eigenvalue weighted by Crippen LogP contribution is 2.30. The zero-order chi connectivity index (χ0) is 24.5. The number of halogens is 1. The molecule has 1 fully saturated rings. The summed E-state index contributed by atoms with van der Waals surface area (Å²) < 4.78 is 41.4. The third kappa shape index (κ3) is 4.71. The Labute approximate surface area is 189 Å². The Balaban J connectivity index is 1.89. The van der Waals surface area contributed by atoms with Crippen LogP contribution in [0, 0.1) is 22.9 Å². The molecule has 1 heterocycles. The Morgan fingerprint density at radius 3 is 2.55 bits per heavy atom. The van der Waals surface area contributed by atoms with Crippen LogP contribution in [-0.2, 0) is 26.0 Å². The van der Waals surface area contributed by atoms with Crippen molar-refractivity contribution in [3.63, 3.8) is 0 Å². The molecular formula is C21H22FN3O7S. The van der Waals surface area contributed by atoms with E-state index in [1.807, 2.05) is 0 Å². The highest BCUT2D eigenvalue weighted by atomic mass is 32.2. The van der Waals surface area contributed by atoms with Crippen molar-refractivity contribution in [3.8, 4) is 0 Å². The van der Waals surface area contributed by atoms with E-state index in [4.69, 9.17) is 0 Å². The molecule has 0 unspecified atom stereocenters. The van der Waals surface area contributed by atoms with E-state index >= 15 is 0 Å². The summed E-state index contributed by atoms with van der Waals surface area (Å²) in [6.07, 6.45) is -0.295. The van der Waals surface area contributed by atoms with Crippen molar-refractivity contribution in [1.82, 2.24) is 9.21 Å². The molecule has 176 valence electrons. The van der Waals surface area contributed by atoms with Crippen molar-refractivity contribution in [2.45, 2.75) is 37.2 Å². The minimum absolute atomic E-state index is 0.114. The largest absolute Gasteiger partial charge is 0.480 e. The molecule has 2 atom stereocenters. The number of carboxylic acids is 1. The van der Waals surface area contributed by atoms with Gasteiger partial charge in [-0.1, -0.05) is 24.3 Å². The van der Waals surface area contributed by atoms with Gasteiger partial charge in [-0.15, -0.1) is 0 Å². The zero-order valence-corrected chi connectivity index (χ0v) is 18.7. The standard InChI is InChI=1S/C21H22FN3O7S/c1-13-7-8-15(16(22)11-13)12-18(21(27)28)23-9-10-24(14(2)20(23)26)33(31,32)19-6-4-3-5-17(19)25(29)30/h3-8,11,14,18H,9-10,12H2,1-2H3,(H,27,28)/t14-,18-/m0/s1. The van der Waals surface area contributed by atoms with Crippen molar-refractivity contribution in [1.29, 1.82) is 0 Å². The number of carboxylic acid groups (broad SMARTS) is 1. The highest BCUT2D eigenvalue weighted by molar-refractivity contribution is 7.89. The van der Waals surface area contributed by atoms with Gasteiger partial charge in [-0.3, -0.25) is 14.9 Å². The number of sulfonamides is 1. The van der Waals surface area contributed by atoms with Crippen molar-refractivity contribution in [2.75, 3.05) is 13.1 Å². The zero-order valence-electron chi connectivity index (χ0n) is 17.8. The first-order valence-corrected chi connectivity index (χ1v) is 11.4. The number of nitro benzene ring substituents is 1. The van der Waals surface area contributed by atoms with Gasteiger partial charge >= 0.3 is 5.97 Å². The summed E-state index contributed by atoms with van der Waals surface area (Å²) in [6, 6.07) is 6.40. The average molecular weight is 479 g/mol. The van der Waals surface area contributed by atoms with Crippen molar-refractivity contribution >= 4 is 27.6 Å². The normalized spacial score (nSPS) is 18.2. The third-order valence-corrected chi connectivity index (χ3v) is 7.58. The minimum atomic E-state index is -4.42. The van der Waals surface area contributed by atoms with Gasteiger partial charge < -0.3 is 10.0 Å². The molecule has 2 aromatic carbocycles. The number of hydrogen-bond donors (Lipinski definition) is 1. The number of nitrogens with zero attached hydrogens (tertiary/aromatic N) is 3. The summed E-state index contributed by atoms with van der Waals surface area (Å²) in [5.41, 5.74) is 0.142. The van der Waals surface area contributed by atoms with Crippen LogP contribution in [0.1, 0.15) is 18.1 Å². The third-order valence-electron chi connectivity index (χ3n) is 5.57. The predicted octanol–water partition coefficient (Wildman–Crippen LogP) is 1.96. The van der Waals surface area contributed by atoms with E-state index in [-0.39, 0.29) is 25.1 Å². The number of para-hydroxylation sites is 1. The lowest BCUT2D eigenvalue weighted by atomic mass is 10.0.